The smallest absolute Gasteiger partial charge is 0.251 e. The molecule has 1 aromatic heterocycles. The van der Waals surface area contributed by atoms with E-state index in [0.29, 0.717) is 41.0 Å². The van der Waals surface area contributed by atoms with E-state index >= 15 is 0 Å². The summed E-state index contributed by atoms with van der Waals surface area (Å²) >= 11 is 0. The number of nitrogens with zero attached hydrogens (tertiary/aromatic N) is 1. The summed E-state index contributed by atoms with van der Waals surface area (Å²) in [4.78, 5) is 17.9. The van der Waals surface area contributed by atoms with Crippen LogP contribution >= 0.6 is 0 Å². The molecule has 0 spiro atoms. The molecular formula is C26H22N2O5S. The highest BCUT2D eigenvalue weighted by atomic mass is 32.2. The number of nitrogens with one attached hydrogen (secondary N) is 1. The monoisotopic (exact) mass is 474 g/mol. The highest BCUT2D eigenvalue weighted by Crippen LogP contribution is 2.32. The van der Waals surface area contributed by atoms with E-state index in [1.165, 1.54) is 0 Å². The van der Waals surface area contributed by atoms with Gasteiger partial charge in [0.05, 0.1) is 22.2 Å². The van der Waals surface area contributed by atoms with Crippen LogP contribution in [0.15, 0.2) is 82.1 Å². The van der Waals surface area contributed by atoms with Crippen LogP contribution in [-0.2, 0) is 23.1 Å². The van der Waals surface area contributed by atoms with Gasteiger partial charge in [-0.05, 0) is 61.0 Å². The predicted octanol–water partition coefficient (Wildman–Crippen LogP) is 4.62. The Labute approximate surface area is 199 Å². The minimum absolute atomic E-state index is 0.188. The summed E-state index contributed by atoms with van der Waals surface area (Å²) in [6, 6.07) is 21.9. The lowest BCUT2D eigenvalue weighted by Crippen LogP contribution is -2.22. The van der Waals surface area contributed by atoms with E-state index in [0.717, 1.165) is 16.0 Å². The average Bonchev–Trinajstić information content (AvgIpc) is 3.49. The second kappa shape index (κ2) is 9.52. The summed E-state index contributed by atoms with van der Waals surface area (Å²) < 4.78 is 29.1. The lowest BCUT2D eigenvalue weighted by molar-refractivity contribution is 0.0951. The van der Waals surface area contributed by atoms with Crippen molar-refractivity contribution in [2.24, 2.45) is 0 Å². The maximum absolute atomic E-state index is 12.6. The number of fused-ring (bicyclic) bond motifs is 1. The summed E-state index contributed by atoms with van der Waals surface area (Å²) in [7, 11) is -1.21. The first kappa shape index (κ1) is 21.9. The topological polar surface area (TPSA) is 90.7 Å². The van der Waals surface area contributed by atoms with Gasteiger partial charge in [-0.1, -0.05) is 24.3 Å². The maximum atomic E-state index is 12.6. The molecule has 1 amide bonds. The van der Waals surface area contributed by atoms with Crippen molar-refractivity contribution in [2.45, 2.75) is 24.1 Å². The van der Waals surface area contributed by atoms with Crippen molar-refractivity contribution < 1.29 is 22.9 Å². The number of hydrogen-bond acceptors (Lipinski definition) is 6. The predicted molar refractivity (Wildman–Crippen MR) is 127 cm³/mol. The van der Waals surface area contributed by atoms with Crippen molar-refractivity contribution in [3.8, 4) is 23.0 Å². The maximum Gasteiger partial charge on any atom is 0.251 e. The summed E-state index contributed by atoms with van der Waals surface area (Å²) in [6.45, 7) is 2.40. The fraction of sp³-hybridized carbons (Fsp3) is 0.154. The van der Waals surface area contributed by atoms with Gasteiger partial charge in [0.25, 0.3) is 5.91 Å². The van der Waals surface area contributed by atoms with Gasteiger partial charge in [0, 0.05) is 22.6 Å². The molecule has 3 aromatic carbocycles. The van der Waals surface area contributed by atoms with Gasteiger partial charge in [-0.3, -0.25) is 9.00 Å². The Hall–Kier alpha value is -3.91. The Balaban J connectivity index is 1.23. The number of aromatic nitrogens is 1. The quantitative estimate of drug-likeness (QED) is 0.420. The summed E-state index contributed by atoms with van der Waals surface area (Å²) in [5.74, 6) is 2.55. The van der Waals surface area contributed by atoms with Crippen LogP contribution in [0.4, 0.5) is 0 Å². The minimum Gasteiger partial charge on any atom is -0.454 e. The molecule has 1 aliphatic heterocycles. The van der Waals surface area contributed by atoms with Crippen LogP contribution in [-0.4, -0.2) is 21.9 Å². The number of oxazole rings is 1. The lowest BCUT2D eigenvalue weighted by Gasteiger charge is -2.07. The Kier molecular flexibility index (Phi) is 6.14. The minimum atomic E-state index is -1.21. The van der Waals surface area contributed by atoms with Crippen LogP contribution in [0.3, 0.4) is 0 Å². The Morgan fingerprint density at radius 3 is 2.56 bits per heavy atom. The van der Waals surface area contributed by atoms with Gasteiger partial charge in [-0.25, -0.2) is 4.98 Å². The molecule has 1 aliphatic rings. The first-order valence-electron chi connectivity index (χ1n) is 10.7. The van der Waals surface area contributed by atoms with Crippen molar-refractivity contribution in [1.82, 2.24) is 10.3 Å². The van der Waals surface area contributed by atoms with Crippen LogP contribution in [0, 0.1) is 6.92 Å². The van der Waals surface area contributed by atoms with Gasteiger partial charge < -0.3 is 19.2 Å². The molecule has 0 aliphatic carbocycles. The van der Waals surface area contributed by atoms with E-state index in [4.69, 9.17) is 13.9 Å². The molecule has 0 fully saturated rings. The second-order valence-corrected chi connectivity index (χ2v) is 9.22. The first-order chi connectivity index (χ1) is 16.6. The number of carbonyl (C=O) groups is 1. The highest BCUT2D eigenvalue weighted by Gasteiger charge is 2.16. The lowest BCUT2D eigenvalue weighted by atomic mass is 10.1. The number of amides is 1. The molecule has 4 aromatic rings. The Morgan fingerprint density at radius 1 is 1.00 bits per heavy atom. The van der Waals surface area contributed by atoms with E-state index in [1.807, 2.05) is 55.5 Å². The van der Waals surface area contributed by atoms with Crippen molar-refractivity contribution in [3.63, 3.8) is 0 Å². The molecule has 8 heteroatoms. The Morgan fingerprint density at radius 2 is 1.76 bits per heavy atom. The molecule has 0 saturated heterocycles. The largest absolute Gasteiger partial charge is 0.454 e. The molecular weight excluding hydrogens is 452 g/mol. The summed E-state index contributed by atoms with van der Waals surface area (Å²) in [5.41, 5.74) is 2.85. The van der Waals surface area contributed by atoms with Crippen molar-refractivity contribution >= 4 is 16.7 Å². The second-order valence-electron chi connectivity index (χ2n) is 7.77. The zero-order valence-electron chi connectivity index (χ0n) is 18.4. The fourth-order valence-corrected chi connectivity index (χ4v) is 4.71. The molecule has 2 heterocycles. The van der Waals surface area contributed by atoms with Gasteiger partial charge in [0.2, 0.25) is 12.7 Å². The number of hydrogen-bond donors (Lipinski definition) is 1. The number of rotatable bonds is 7. The molecule has 1 N–H and O–H groups in total. The zero-order valence-corrected chi connectivity index (χ0v) is 19.3. The summed E-state index contributed by atoms with van der Waals surface area (Å²) in [5, 5.41) is 2.91. The van der Waals surface area contributed by atoms with Gasteiger partial charge >= 0.3 is 0 Å². The van der Waals surface area contributed by atoms with Crippen molar-refractivity contribution in [2.75, 3.05) is 6.79 Å². The first-order valence-corrected chi connectivity index (χ1v) is 12.1. The van der Waals surface area contributed by atoms with Gasteiger partial charge in [0.15, 0.2) is 11.5 Å². The SMILES string of the molecule is Cc1oc(-c2ccc(C(=O)NCc3ccc4c(c3)OCO4)cc2)nc1C[S@](=O)c1ccccc1. The van der Waals surface area contributed by atoms with E-state index in [9.17, 15) is 9.00 Å². The molecule has 5 rings (SSSR count). The van der Waals surface area contributed by atoms with Gasteiger partial charge in [-0.2, -0.15) is 0 Å². The van der Waals surface area contributed by atoms with Crippen LogP contribution in [0.5, 0.6) is 11.5 Å². The van der Waals surface area contributed by atoms with Gasteiger partial charge in [0.1, 0.15) is 5.76 Å². The van der Waals surface area contributed by atoms with E-state index < -0.39 is 10.8 Å². The van der Waals surface area contributed by atoms with Gasteiger partial charge in [-0.15, -0.1) is 0 Å². The number of carbonyl (C=O) groups excluding carboxylic acids is 1. The normalized spacial score (nSPS) is 13.0. The third kappa shape index (κ3) is 4.72. The van der Waals surface area contributed by atoms with Crippen molar-refractivity contribution in [1.29, 1.82) is 0 Å². The fourth-order valence-electron chi connectivity index (χ4n) is 3.56. The molecule has 0 radical (unpaired) electrons. The number of benzene rings is 3. The summed E-state index contributed by atoms with van der Waals surface area (Å²) in [6.07, 6.45) is 0. The van der Waals surface area contributed by atoms with Crippen LogP contribution in [0.25, 0.3) is 11.5 Å². The van der Waals surface area contributed by atoms with Crippen molar-refractivity contribution in [3.05, 3.63) is 95.4 Å². The van der Waals surface area contributed by atoms with E-state index in [-0.39, 0.29) is 18.5 Å². The molecule has 34 heavy (non-hydrogen) atoms. The van der Waals surface area contributed by atoms with Crippen LogP contribution < -0.4 is 14.8 Å². The zero-order chi connectivity index (χ0) is 23.5. The average molecular weight is 475 g/mol. The molecule has 0 bridgehead atoms. The van der Waals surface area contributed by atoms with Crippen LogP contribution in [0.1, 0.15) is 27.4 Å². The molecule has 0 saturated carbocycles. The molecule has 172 valence electrons. The Bertz CT molecular complexity index is 1350. The number of aryl methyl sites for hydroxylation is 1. The third-order valence-electron chi connectivity index (χ3n) is 5.45. The number of ether oxygens (including phenoxy) is 2. The highest BCUT2D eigenvalue weighted by molar-refractivity contribution is 7.84. The molecule has 7 nitrogen and oxygen atoms in total. The van der Waals surface area contributed by atoms with E-state index in [2.05, 4.69) is 10.3 Å². The van der Waals surface area contributed by atoms with Crippen LogP contribution in [0.2, 0.25) is 0 Å². The molecule has 0 unspecified atom stereocenters. The standard InChI is InChI=1S/C26H22N2O5S/c1-17-22(15-34(30)21-5-3-2-4-6-21)28-26(33-17)20-10-8-19(9-11-20)25(29)27-14-18-7-12-23-24(13-18)32-16-31-23/h2-13H,14-16H2,1H3,(H,27,29)/t34-/m0/s1. The van der Waals surface area contributed by atoms with E-state index in [1.54, 1.807) is 24.3 Å². The third-order valence-corrected chi connectivity index (χ3v) is 6.78. The molecule has 1 atom stereocenters.